The molecule has 2 unspecified atom stereocenters. The van der Waals surface area contributed by atoms with Crippen molar-refractivity contribution in [3.05, 3.63) is 71.8 Å². The number of carbonyl (C=O) groups is 12. The third kappa shape index (κ3) is 22.8. The lowest BCUT2D eigenvalue weighted by atomic mass is 10.0. The molecular formula is C43H57N9O17S. The Balaban J connectivity index is 2.08. The Morgan fingerprint density at radius 2 is 0.957 bits per heavy atom. The van der Waals surface area contributed by atoms with E-state index in [2.05, 4.69) is 44.5 Å². The number of benzene rings is 2. The van der Waals surface area contributed by atoms with Crippen molar-refractivity contribution >= 4 is 83.9 Å². The number of urea groups is 1. The Bertz CT molecular complexity index is 2170. The zero-order valence-electron chi connectivity index (χ0n) is 37.5. The van der Waals surface area contributed by atoms with Gasteiger partial charge in [-0.15, -0.1) is 0 Å². The Labute approximate surface area is 405 Å². The Hall–Kier alpha value is -7.81. The predicted octanol–water partition coefficient (Wildman–Crippen LogP) is -2.91. The van der Waals surface area contributed by atoms with Gasteiger partial charge in [0.15, 0.2) is 0 Å². The molecule has 382 valence electrons. The van der Waals surface area contributed by atoms with Crippen LogP contribution in [0.15, 0.2) is 60.7 Å². The number of nitrogens with two attached hydrogens (primary N) is 1. The van der Waals surface area contributed by atoms with E-state index in [0.717, 1.165) is 0 Å². The number of nitrogens with one attached hydrogen (secondary N) is 8. The number of carbonyl (C=O) groups excluding carboxylic acids is 7. The van der Waals surface area contributed by atoms with Crippen molar-refractivity contribution in [2.24, 2.45) is 5.73 Å². The minimum absolute atomic E-state index is 0.0394. The van der Waals surface area contributed by atoms with Crippen molar-refractivity contribution in [3.8, 4) is 0 Å². The van der Waals surface area contributed by atoms with Crippen LogP contribution in [0.4, 0.5) is 4.79 Å². The fourth-order valence-electron chi connectivity index (χ4n) is 6.19. The van der Waals surface area contributed by atoms with E-state index in [4.69, 9.17) is 10.8 Å². The van der Waals surface area contributed by atoms with E-state index in [9.17, 15) is 78.0 Å². The maximum absolute atomic E-state index is 13.9. The third-order valence-electron chi connectivity index (χ3n) is 9.91. The van der Waals surface area contributed by atoms with Gasteiger partial charge in [-0.25, -0.2) is 19.2 Å². The van der Waals surface area contributed by atoms with Crippen molar-refractivity contribution in [2.75, 3.05) is 18.8 Å². The van der Waals surface area contributed by atoms with E-state index in [1.165, 1.54) is 0 Å². The van der Waals surface area contributed by atoms with Crippen LogP contribution in [0, 0.1) is 0 Å². The fraction of sp³-hybridized carbons (Fsp3) is 0.442. The summed E-state index contributed by atoms with van der Waals surface area (Å²) in [7, 11) is 0. The first kappa shape index (κ1) is 58.3. The smallest absolute Gasteiger partial charge is 0.327 e. The number of thiol groups is 1. The Morgan fingerprint density at radius 3 is 1.44 bits per heavy atom. The predicted molar refractivity (Wildman–Crippen MR) is 246 cm³/mol. The van der Waals surface area contributed by atoms with Gasteiger partial charge in [0.2, 0.25) is 35.4 Å². The van der Waals surface area contributed by atoms with Gasteiger partial charge in [0.25, 0.3) is 0 Å². The van der Waals surface area contributed by atoms with Crippen LogP contribution >= 0.6 is 12.6 Å². The summed E-state index contributed by atoms with van der Waals surface area (Å²) in [6.07, 6.45) is -3.14. The second kappa shape index (κ2) is 30.5. The Morgan fingerprint density at radius 1 is 0.486 bits per heavy atom. The van der Waals surface area contributed by atoms with E-state index < -0.39 is 152 Å². The topological polar surface area (TPSA) is 428 Å². The number of hydrogen-bond donors (Lipinski definition) is 15. The fourth-order valence-corrected chi connectivity index (χ4v) is 6.43. The lowest BCUT2D eigenvalue weighted by Gasteiger charge is -2.24. The van der Waals surface area contributed by atoms with Crippen LogP contribution in [0.3, 0.4) is 0 Å². The monoisotopic (exact) mass is 1000 g/mol. The van der Waals surface area contributed by atoms with Crippen LogP contribution in [0.5, 0.6) is 0 Å². The molecular weight excluding hydrogens is 947 g/mol. The molecule has 0 aromatic heterocycles. The minimum atomic E-state index is -1.76. The van der Waals surface area contributed by atoms with Crippen molar-refractivity contribution in [3.63, 3.8) is 0 Å². The van der Waals surface area contributed by atoms with E-state index in [0.29, 0.717) is 11.1 Å². The SMILES string of the molecule is N[C@@H](CNC(=O)[C@H](Cc1ccccc1)NC(=O)[C@H](Cc1ccccc1)NC(=O)CCCNC(=O)CC[C@H](NC(=O)N[C@@H](CCC(=O)O)C(=O)O)C(=O)O)C(=O)NC(CC(=O)O)C(=O)NC(CS)C(=O)O. The average molecular weight is 1000 g/mol. The number of carboxylic acids is 5. The van der Waals surface area contributed by atoms with Crippen molar-refractivity contribution in [1.82, 2.24) is 42.5 Å². The Kier molecular flexibility index (Phi) is 25.4. The summed E-state index contributed by atoms with van der Waals surface area (Å²) in [5.74, 6) is -12.9. The maximum atomic E-state index is 13.9. The molecule has 0 aliphatic carbocycles. The highest BCUT2D eigenvalue weighted by Gasteiger charge is 2.32. The molecule has 0 heterocycles. The normalized spacial score (nSPS) is 13.7. The van der Waals surface area contributed by atoms with Crippen LogP contribution in [0.25, 0.3) is 0 Å². The second-order valence-electron chi connectivity index (χ2n) is 15.5. The van der Waals surface area contributed by atoms with Crippen molar-refractivity contribution in [2.45, 2.75) is 100 Å². The molecule has 0 saturated heterocycles. The molecule has 8 amide bonds. The minimum Gasteiger partial charge on any atom is -0.481 e. The molecule has 2 rings (SSSR count). The van der Waals surface area contributed by atoms with Gasteiger partial charge in [-0.2, -0.15) is 12.6 Å². The molecule has 0 bridgehead atoms. The van der Waals surface area contributed by atoms with Crippen LogP contribution in [0.1, 0.15) is 56.1 Å². The molecule has 2 aromatic rings. The molecule has 2 aromatic carbocycles. The van der Waals surface area contributed by atoms with E-state index in [1.807, 2.05) is 10.6 Å². The van der Waals surface area contributed by atoms with E-state index in [-0.39, 0.29) is 38.0 Å². The van der Waals surface area contributed by atoms with E-state index in [1.54, 1.807) is 60.7 Å². The van der Waals surface area contributed by atoms with Gasteiger partial charge in [-0.05, 0) is 30.4 Å². The summed E-state index contributed by atoms with van der Waals surface area (Å²) in [6.45, 7) is -0.658. The highest BCUT2D eigenvalue weighted by atomic mass is 32.1. The molecule has 27 heteroatoms. The average Bonchev–Trinajstić information content (AvgIpc) is 3.30. The quantitative estimate of drug-likeness (QED) is 0.0258. The van der Waals surface area contributed by atoms with Crippen molar-refractivity contribution in [1.29, 1.82) is 0 Å². The number of hydrogen-bond acceptors (Lipinski definition) is 14. The zero-order chi connectivity index (χ0) is 52.3. The zero-order valence-corrected chi connectivity index (χ0v) is 38.4. The lowest BCUT2D eigenvalue weighted by Crippen LogP contribution is -2.58. The summed E-state index contributed by atoms with van der Waals surface area (Å²) in [4.78, 5) is 148. The number of rotatable bonds is 32. The molecule has 0 spiro atoms. The number of aliphatic carboxylic acids is 5. The van der Waals surface area contributed by atoms with Crippen LogP contribution in [-0.2, 0) is 65.6 Å². The maximum Gasteiger partial charge on any atom is 0.327 e. The van der Waals surface area contributed by atoms with Crippen molar-refractivity contribution < 1.29 is 83.1 Å². The molecule has 0 radical (unpaired) electrons. The molecule has 0 aliphatic rings. The molecule has 70 heavy (non-hydrogen) atoms. The first-order chi connectivity index (χ1) is 33.1. The van der Waals surface area contributed by atoms with Gasteiger partial charge in [0.05, 0.1) is 6.42 Å². The van der Waals surface area contributed by atoms with Gasteiger partial charge < -0.3 is 73.8 Å². The summed E-state index contributed by atoms with van der Waals surface area (Å²) < 4.78 is 0. The molecule has 0 fully saturated rings. The lowest BCUT2D eigenvalue weighted by molar-refractivity contribution is -0.143. The highest BCUT2D eigenvalue weighted by Crippen LogP contribution is 2.09. The van der Waals surface area contributed by atoms with Gasteiger partial charge in [-0.3, -0.25) is 38.4 Å². The summed E-state index contributed by atoms with van der Waals surface area (Å²) in [5, 5.41) is 64.5. The van der Waals surface area contributed by atoms with Gasteiger partial charge >= 0.3 is 35.9 Å². The third-order valence-corrected chi connectivity index (χ3v) is 10.3. The van der Waals surface area contributed by atoms with Gasteiger partial charge in [0, 0.05) is 50.9 Å². The van der Waals surface area contributed by atoms with Crippen LogP contribution in [-0.4, -0.2) is 158 Å². The molecule has 0 saturated carbocycles. The van der Waals surface area contributed by atoms with Gasteiger partial charge in [0.1, 0.15) is 42.3 Å². The largest absolute Gasteiger partial charge is 0.481 e. The molecule has 0 aliphatic heterocycles. The van der Waals surface area contributed by atoms with Crippen LogP contribution in [0.2, 0.25) is 0 Å². The molecule has 15 N–H and O–H groups in total. The summed E-state index contributed by atoms with van der Waals surface area (Å²) in [6, 6.07) is 5.09. The standard InChI is InChI=1S/C43H57N9O17S/c44-25(36(59)48-30(20-35(57)58)39(62)50-31(22-70)42(67)68)21-46-37(60)28(18-23-8-3-1-4-9-23)49-38(61)29(19-24-10-5-2-6-11-24)47-33(54)12-7-17-45-32(53)15-13-26(40(63)64)51-43(69)52-27(41(65)66)14-16-34(55)56/h1-6,8-11,25-31,70H,7,12-22,44H2,(H,45,53)(H,46,60)(H,47,54)(H,48,59)(H,49,61)(H,50,62)(H,55,56)(H,57,58)(H,63,64)(H,65,66)(H,67,68)(H2,51,52,69)/t25-,26-,27-,28-,29-,30?,31?/m0/s1. The summed E-state index contributed by atoms with van der Waals surface area (Å²) >= 11 is 3.83. The number of carboxylic acid groups (broad SMARTS) is 5. The first-order valence-electron chi connectivity index (χ1n) is 21.5. The molecule has 26 nitrogen and oxygen atoms in total. The first-order valence-corrected chi connectivity index (χ1v) is 22.1. The number of amides is 8. The second-order valence-corrected chi connectivity index (χ2v) is 15.8. The highest BCUT2D eigenvalue weighted by molar-refractivity contribution is 7.80. The van der Waals surface area contributed by atoms with Gasteiger partial charge in [-0.1, -0.05) is 60.7 Å². The van der Waals surface area contributed by atoms with Crippen LogP contribution < -0.4 is 48.3 Å². The van der Waals surface area contributed by atoms with E-state index >= 15 is 0 Å². The summed E-state index contributed by atoms with van der Waals surface area (Å²) in [5.41, 5.74) is 7.21. The molecule has 7 atom stereocenters.